The second-order valence-electron chi connectivity index (χ2n) is 4.36. The Hall–Kier alpha value is -1.11. The van der Waals surface area contributed by atoms with Crippen molar-refractivity contribution in [2.75, 3.05) is 24.6 Å². The summed E-state index contributed by atoms with van der Waals surface area (Å²) < 4.78 is 22.3. The van der Waals surface area contributed by atoms with Gasteiger partial charge >= 0.3 is 6.03 Å². The topological polar surface area (TPSA) is 92.3 Å². The minimum absolute atomic E-state index is 0.0187. The van der Waals surface area contributed by atoms with E-state index in [1.54, 1.807) is 0 Å². The van der Waals surface area contributed by atoms with Crippen LogP contribution >= 0.6 is 0 Å². The molecule has 2 amide bonds. The Labute approximate surface area is 101 Å². The number of urea groups is 1. The van der Waals surface area contributed by atoms with Crippen molar-refractivity contribution in [2.45, 2.75) is 19.8 Å². The predicted octanol–water partition coefficient (Wildman–Crippen LogP) is -0.301. The minimum atomic E-state index is -2.85. The van der Waals surface area contributed by atoms with Gasteiger partial charge in [-0.2, -0.15) is 0 Å². The molecule has 17 heavy (non-hydrogen) atoms. The lowest BCUT2D eigenvalue weighted by molar-refractivity contribution is -0.116. The van der Waals surface area contributed by atoms with Crippen molar-refractivity contribution in [1.82, 2.24) is 10.6 Å². The van der Waals surface area contributed by atoms with Crippen LogP contribution in [0.3, 0.4) is 0 Å². The molecule has 0 bridgehead atoms. The third-order valence-electron chi connectivity index (χ3n) is 2.72. The van der Waals surface area contributed by atoms with E-state index in [-0.39, 0.29) is 35.8 Å². The van der Waals surface area contributed by atoms with Gasteiger partial charge < -0.3 is 10.6 Å². The van der Waals surface area contributed by atoms with E-state index in [2.05, 4.69) is 10.6 Å². The molecule has 2 N–H and O–H groups in total. The van der Waals surface area contributed by atoms with E-state index in [0.29, 0.717) is 19.4 Å². The second-order valence-corrected chi connectivity index (χ2v) is 6.66. The van der Waals surface area contributed by atoms with Crippen LogP contribution in [0.2, 0.25) is 0 Å². The molecule has 0 saturated carbocycles. The fraction of sp³-hybridized carbons (Fsp3) is 0.800. The van der Waals surface area contributed by atoms with E-state index < -0.39 is 9.84 Å². The summed E-state index contributed by atoms with van der Waals surface area (Å²) in [6, 6.07) is -0.381. The molecule has 6 nitrogen and oxygen atoms in total. The zero-order valence-corrected chi connectivity index (χ0v) is 10.7. The fourth-order valence-electron chi connectivity index (χ4n) is 1.65. The maximum Gasteiger partial charge on any atom is 0.315 e. The number of sulfone groups is 1. The van der Waals surface area contributed by atoms with Gasteiger partial charge in [0.05, 0.1) is 18.1 Å². The second kappa shape index (κ2) is 6.00. The van der Waals surface area contributed by atoms with Crippen LogP contribution in [-0.4, -0.2) is 44.8 Å². The first-order valence-electron chi connectivity index (χ1n) is 5.60. The molecule has 1 fully saturated rings. The van der Waals surface area contributed by atoms with E-state index in [1.165, 1.54) is 6.92 Å². The molecule has 1 aliphatic rings. The lowest BCUT2D eigenvalue weighted by atomic mass is 10.0. The van der Waals surface area contributed by atoms with Crippen molar-refractivity contribution in [3.63, 3.8) is 0 Å². The number of ketones is 1. The Morgan fingerprint density at radius 2 is 1.76 bits per heavy atom. The summed E-state index contributed by atoms with van der Waals surface area (Å²) >= 11 is 0. The number of nitrogens with one attached hydrogen (secondary N) is 2. The summed E-state index contributed by atoms with van der Waals surface area (Å²) in [6.07, 6.45) is 1.19. The van der Waals surface area contributed by atoms with Gasteiger partial charge in [-0.3, -0.25) is 4.79 Å². The maximum absolute atomic E-state index is 11.2. The molecule has 0 aliphatic carbocycles. The van der Waals surface area contributed by atoms with Crippen LogP contribution in [0.5, 0.6) is 0 Å². The average molecular weight is 262 g/mol. The zero-order chi connectivity index (χ0) is 12.9. The summed E-state index contributed by atoms with van der Waals surface area (Å²) in [5, 5.41) is 5.06. The summed E-state index contributed by atoms with van der Waals surface area (Å²) in [6.45, 7) is 1.87. The van der Waals surface area contributed by atoms with Gasteiger partial charge in [0.15, 0.2) is 0 Å². The van der Waals surface area contributed by atoms with Gasteiger partial charge in [-0.1, -0.05) is 0 Å². The molecule has 1 aliphatic heterocycles. The highest BCUT2D eigenvalue weighted by Gasteiger charge is 2.23. The molecular weight excluding hydrogens is 244 g/mol. The van der Waals surface area contributed by atoms with E-state index in [0.717, 1.165) is 0 Å². The van der Waals surface area contributed by atoms with Gasteiger partial charge in [0.1, 0.15) is 15.6 Å². The predicted molar refractivity (Wildman–Crippen MR) is 63.5 cm³/mol. The van der Waals surface area contributed by atoms with E-state index in [4.69, 9.17) is 0 Å². The summed E-state index contributed by atoms with van der Waals surface area (Å²) in [7, 11) is -2.85. The van der Waals surface area contributed by atoms with Crippen molar-refractivity contribution in [3.8, 4) is 0 Å². The summed E-state index contributed by atoms with van der Waals surface area (Å²) in [5.74, 6) is 0.508. The first kappa shape index (κ1) is 14.0. The molecule has 1 saturated heterocycles. The molecule has 1 rings (SSSR count). The molecule has 0 aromatic heterocycles. The lowest BCUT2D eigenvalue weighted by Crippen LogP contribution is -2.41. The number of carbonyl (C=O) groups excluding carboxylic acids is 2. The molecule has 0 radical (unpaired) electrons. The molecule has 0 atom stereocenters. The van der Waals surface area contributed by atoms with Crippen LogP contribution in [0, 0.1) is 5.92 Å². The van der Waals surface area contributed by atoms with Gasteiger partial charge in [0.25, 0.3) is 0 Å². The molecule has 0 aromatic carbocycles. The van der Waals surface area contributed by atoms with Gasteiger partial charge in [0.2, 0.25) is 0 Å². The summed E-state index contributed by atoms with van der Waals surface area (Å²) in [5.41, 5.74) is 0. The third-order valence-corrected chi connectivity index (χ3v) is 4.44. The zero-order valence-electron chi connectivity index (χ0n) is 9.86. The van der Waals surface area contributed by atoms with Gasteiger partial charge in [-0.25, -0.2) is 13.2 Å². The molecule has 98 valence electrons. The van der Waals surface area contributed by atoms with Crippen molar-refractivity contribution in [2.24, 2.45) is 5.92 Å². The van der Waals surface area contributed by atoms with Crippen LogP contribution in [-0.2, 0) is 14.6 Å². The normalized spacial score (nSPS) is 19.6. The van der Waals surface area contributed by atoms with Gasteiger partial charge in [-0.05, 0) is 25.7 Å². The molecule has 1 heterocycles. The maximum atomic E-state index is 11.2. The molecule has 0 unspecified atom stereocenters. The number of amides is 2. The Morgan fingerprint density at radius 3 is 2.29 bits per heavy atom. The van der Waals surface area contributed by atoms with Crippen LogP contribution in [0.4, 0.5) is 4.79 Å². The number of hydrogen-bond acceptors (Lipinski definition) is 4. The van der Waals surface area contributed by atoms with Crippen molar-refractivity contribution in [3.05, 3.63) is 0 Å². The highest BCUT2D eigenvalue weighted by molar-refractivity contribution is 7.91. The number of carbonyl (C=O) groups is 2. The minimum Gasteiger partial charge on any atom is -0.338 e. The van der Waals surface area contributed by atoms with Crippen LogP contribution in [0.1, 0.15) is 19.8 Å². The largest absolute Gasteiger partial charge is 0.338 e. The van der Waals surface area contributed by atoms with Crippen LogP contribution in [0.25, 0.3) is 0 Å². The van der Waals surface area contributed by atoms with Gasteiger partial charge in [0, 0.05) is 6.54 Å². The first-order valence-corrected chi connectivity index (χ1v) is 7.43. The highest BCUT2D eigenvalue weighted by atomic mass is 32.2. The molecule has 0 aromatic rings. The number of rotatable bonds is 4. The Kier molecular flexibility index (Phi) is 4.92. The monoisotopic (exact) mass is 262 g/mol. The average Bonchev–Trinajstić information content (AvgIpc) is 2.25. The number of hydrogen-bond donors (Lipinski definition) is 2. The quantitative estimate of drug-likeness (QED) is 0.727. The molecule has 0 spiro atoms. The van der Waals surface area contributed by atoms with Crippen LogP contribution in [0.15, 0.2) is 0 Å². The smallest absolute Gasteiger partial charge is 0.315 e. The Morgan fingerprint density at radius 1 is 1.18 bits per heavy atom. The third kappa shape index (κ3) is 5.67. The number of Topliss-reactive ketones (excluding diaryl/α,β-unsaturated/α-hetero) is 1. The fourth-order valence-corrected chi connectivity index (χ4v) is 3.24. The molecule has 7 heteroatoms. The SMILES string of the molecule is CC(=O)CNC(=O)NCC1CCS(=O)(=O)CC1. The molecular formula is C10H18N2O4S. The van der Waals surface area contributed by atoms with Crippen molar-refractivity contribution in [1.29, 1.82) is 0 Å². The lowest BCUT2D eigenvalue weighted by Gasteiger charge is -2.22. The Balaban J connectivity index is 2.19. The van der Waals surface area contributed by atoms with E-state index in [1.807, 2.05) is 0 Å². The highest BCUT2D eigenvalue weighted by Crippen LogP contribution is 2.17. The van der Waals surface area contributed by atoms with Crippen LogP contribution < -0.4 is 10.6 Å². The van der Waals surface area contributed by atoms with Crippen molar-refractivity contribution >= 4 is 21.7 Å². The van der Waals surface area contributed by atoms with E-state index in [9.17, 15) is 18.0 Å². The summed E-state index contributed by atoms with van der Waals surface area (Å²) in [4.78, 5) is 21.8. The van der Waals surface area contributed by atoms with Crippen molar-refractivity contribution < 1.29 is 18.0 Å². The first-order chi connectivity index (χ1) is 7.89. The van der Waals surface area contributed by atoms with E-state index >= 15 is 0 Å². The Bertz CT molecular complexity index is 377. The van der Waals surface area contributed by atoms with Gasteiger partial charge in [-0.15, -0.1) is 0 Å². The standard InChI is InChI=1S/C10H18N2O4S/c1-8(13)6-11-10(14)12-7-9-2-4-17(15,16)5-3-9/h9H,2-7H2,1H3,(H2,11,12,14).